The lowest BCUT2D eigenvalue weighted by Gasteiger charge is -2.03. The maximum Gasteiger partial charge on any atom is 0.331 e. The Bertz CT molecular complexity index is 1130. The molecular formula is C23H17FN2O2S. The van der Waals surface area contributed by atoms with Crippen LogP contribution in [-0.2, 0) is 16.1 Å². The molecule has 0 spiro atoms. The van der Waals surface area contributed by atoms with Gasteiger partial charge in [-0.25, -0.2) is 13.9 Å². The van der Waals surface area contributed by atoms with E-state index in [1.807, 2.05) is 54.0 Å². The van der Waals surface area contributed by atoms with Gasteiger partial charge in [0.05, 0.1) is 10.6 Å². The van der Waals surface area contributed by atoms with Crippen molar-refractivity contribution in [1.82, 2.24) is 9.78 Å². The predicted octanol–water partition coefficient (Wildman–Crippen LogP) is 5.50. The second-order valence-corrected chi connectivity index (χ2v) is 7.17. The van der Waals surface area contributed by atoms with Crippen LogP contribution in [0.3, 0.4) is 0 Å². The quantitative estimate of drug-likeness (QED) is 0.315. The molecule has 2 aromatic carbocycles. The fraction of sp³-hybridized carbons (Fsp3) is 0.0435. The number of esters is 1. The number of thiophene rings is 1. The molecule has 0 saturated heterocycles. The van der Waals surface area contributed by atoms with Crippen molar-refractivity contribution in [2.75, 3.05) is 0 Å². The summed E-state index contributed by atoms with van der Waals surface area (Å²) in [4.78, 5) is 13.1. The first-order chi connectivity index (χ1) is 14.2. The molecule has 2 heterocycles. The molecule has 0 radical (unpaired) electrons. The number of rotatable bonds is 6. The first-order valence-corrected chi connectivity index (χ1v) is 9.86. The lowest BCUT2D eigenvalue weighted by molar-refractivity contribution is -0.138. The minimum atomic E-state index is -0.544. The van der Waals surface area contributed by atoms with Gasteiger partial charge in [0.1, 0.15) is 18.1 Å². The predicted molar refractivity (Wildman–Crippen MR) is 112 cm³/mol. The number of halogens is 1. The van der Waals surface area contributed by atoms with Crippen LogP contribution < -0.4 is 0 Å². The van der Waals surface area contributed by atoms with Gasteiger partial charge in [-0.15, -0.1) is 11.3 Å². The second kappa shape index (κ2) is 8.67. The summed E-state index contributed by atoms with van der Waals surface area (Å²) in [5, 5.41) is 6.66. The molecule has 0 N–H and O–H groups in total. The average Bonchev–Trinajstić information content (AvgIpc) is 3.42. The molecule has 0 aliphatic carbocycles. The maximum atomic E-state index is 13.6. The van der Waals surface area contributed by atoms with Crippen molar-refractivity contribution in [3.8, 4) is 16.3 Å². The molecule has 6 heteroatoms. The van der Waals surface area contributed by atoms with E-state index in [-0.39, 0.29) is 6.61 Å². The molecule has 4 aromatic rings. The van der Waals surface area contributed by atoms with Crippen LogP contribution in [0.15, 0.2) is 84.4 Å². The number of hydrogen-bond donors (Lipinski definition) is 0. The smallest absolute Gasteiger partial charge is 0.331 e. The van der Waals surface area contributed by atoms with Crippen LogP contribution >= 0.6 is 11.3 Å². The van der Waals surface area contributed by atoms with Gasteiger partial charge < -0.3 is 4.74 Å². The maximum absolute atomic E-state index is 13.6. The van der Waals surface area contributed by atoms with Crippen LogP contribution in [0.1, 0.15) is 11.1 Å². The van der Waals surface area contributed by atoms with Crippen LogP contribution in [0.25, 0.3) is 22.3 Å². The van der Waals surface area contributed by atoms with Gasteiger partial charge in [-0.2, -0.15) is 5.10 Å². The molecule has 0 saturated carbocycles. The number of benzene rings is 2. The van der Waals surface area contributed by atoms with E-state index >= 15 is 0 Å². The van der Waals surface area contributed by atoms with Gasteiger partial charge in [-0.3, -0.25) is 0 Å². The topological polar surface area (TPSA) is 44.1 Å². The van der Waals surface area contributed by atoms with Crippen molar-refractivity contribution in [2.45, 2.75) is 6.61 Å². The molecule has 4 rings (SSSR count). The highest BCUT2D eigenvalue weighted by atomic mass is 32.1. The van der Waals surface area contributed by atoms with Crippen molar-refractivity contribution in [1.29, 1.82) is 0 Å². The van der Waals surface area contributed by atoms with Crippen molar-refractivity contribution < 1.29 is 13.9 Å². The summed E-state index contributed by atoms with van der Waals surface area (Å²) in [6, 6.07) is 19.9. The first kappa shape index (κ1) is 18.8. The number of carbonyl (C=O) groups is 1. The zero-order valence-electron chi connectivity index (χ0n) is 15.4. The van der Waals surface area contributed by atoms with Crippen molar-refractivity contribution in [3.63, 3.8) is 0 Å². The van der Waals surface area contributed by atoms with Gasteiger partial charge in [0.25, 0.3) is 0 Å². The number of carbonyl (C=O) groups excluding carboxylic acids is 1. The summed E-state index contributed by atoms with van der Waals surface area (Å²) in [7, 11) is 0. The summed E-state index contributed by atoms with van der Waals surface area (Å²) >= 11 is 1.57. The summed E-state index contributed by atoms with van der Waals surface area (Å²) < 4.78 is 20.6. The molecule has 0 fully saturated rings. The summed E-state index contributed by atoms with van der Waals surface area (Å²) in [6.45, 7) is -0.114. The Kier molecular flexibility index (Phi) is 5.63. The fourth-order valence-electron chi connectivity index (χ4n) is 2.80. The number of para-hydroxylation sites is 1. The lowest BCUT2D eigenvalue weighted by atomic mass is 10.2. The number of hydrogen-bond acceptors (Lipinski definition) is 4. The molecule has 0 aliphatic rings. The van der Waals surface area contributed by atoms with Gasteiger partial charge in [0.2, 0.25) is 0 Å². The Morgan fingerprint density at radius 1 is 1.07 bits per heavy atom. The SMILES string of the molecule is O=C(/C=C/c1cn(-c2ccccc2)nc1-c1cccs1)OCc1ccccc1F. The van der Waals surface area contributed by atoms with E-state index in [9.17, 15) is 9.18 Å². The minimum Gasteiger partial charge on any atom is -0.458 e. The Morgan fingerprint density at radius 2 is 1.86 bits per heavy atom. The Morgan fingerprint density at radius 3 is 2.62 bits per heavy atom. The number of nitrogens with zero attached hydrogens (tertiary/aromatic N) is 2. The highest BCUT2D eigenvalue weighted by molar-refractivity contribution is 7.13. The van der Waals surface area contributed by atoms with Gasteiger partial charge in [0.15, 0.2) is 0 Å². The molecule has 29 heavy (non-hydrogen) atoms. The van der Waals surface area contributed by atoms with Gasteiger partial charge in [-0.1, -0.05) is 42.5 Å². The minimum absolute atomic E-state index is 0.114. The highest BCUT2D eigenvalue weighted by Crippen LogP contribution is 2.28. The molecule has 0 aliphatic heterocycles. The third kappa shape index (κ3) is 4.50. The van der Waals surface area contributed by atoms with Crippen LogP contribution in [0.4, 0.5) is 4.39 Å². The first-order valence-electron chi connectivity index (χ1n) is 8.98. The second-order valence-electron chi connectivity index (χ2n) is 6.22. The Balaban J connectivity index is 1.54. The van der Waals surface area contributed by atoms with Crippen LogP contribution in [0.5, 0.6) is 0 Å². The van der Waals surface area contributed by atoms with Crippen molar-refractivity contribution in [3.05, 3.63) is 101 Å². The van der Waals surface area contributed by atoms with E-state index in [1.54, 1.807) is 40.3 Å². The van der Waals surface area contributed by atoms with Gasteiger partial charge in [0, 0.05) is 23.4 Å². The van der Waals surface area contributed by atoms with E-state index in [0.717, 1.165) is 21.8 Å². The monoisotopic (exact) mass is 404 g/mol. The van der Waals surface area contributed by atoms with Crippen LogP contribution in [0.2, 0.25) is 0 Å². The lowest BCUT2D eigenvalue weighted by Crippen LogP contribution is -2.02. The summed E-state index contributed by atoms with van der Waals surface area (Å²) in [5.41, 5.74) is 2.83. The fourth-order valence-corrected chi connectivity index (χ4v) is 3.53. The van der Waals surface area contributed by atoms with Crippen molar-refractivity contribution >= 4 is 23.4 Å². The normalized spacial score (nSPS) is 11.1. The molecule has 4 nitrogen and oxygen atoms in total. The van der Waals surface area contributed by atoms with Gasteiger partial charge >= 0.3 is 5.97 Å². The van der Waals surface area contributed by atoms with E-state index in [2.05, 4.69) is 5.10 Å². The molecule has 0 unspecified atom stereocenters. The molecule has 0 bridgehead atoms. The molecular weight excluding hydrogens is 387 g/mol. The third-order valence-electron chi connectivity index (χ3n) is 4.24. The molecule has 0 atom stereocenters. The zero-order valence-corrected chi connectivity index (χ0v) is 16.2. The van der Waals surface area contributed by atoms with E-state index in [0.29, 0.717) is 5.56 Å². The molecule has 2 aromatic heterocycles. The van der Waals surface area contributed by atoms with E-state index in [4.69, 9.17) is 4.74 Å². The summed E-state index contributed by atoms with van der Waals surface area (Å²) in [5.74, 6) is -0.939. The average molecular weight is 404 g/mol. The highest BCUT2D eigenvalue weighted by Gasteiger charge is 2.12. The number of aromatic nitrogens is 2. The van der Waals surface area contributed by atoms with Crippen molar-refractivity contribution in [2.24, 2.45) is 0 Å². The molecule has 0 amide bonds. The van der Waals surface area contributed by atoms with E-state index in [1.165, 1.54) is 12.1 Å². The van der Waals surface area contributed by atoms with E-state index < -0.39 is 11.8 Å². The zero-order chi connectivity index (χ0) is 20.1. The standard InChI is InChI=1S/C23H17FN2O2S/c24-20-10-5-4-7-18(20)16-28-22(27)13-12-17-15-26(19-8-2-1-3-9-19)25-23(17)21-11-6-14-29-21/h1-15H,16H2/b13-12+. The number of ether oxygens (including phenoxy) is 1. The van der Waals surface area contributed by atoms with Crippen LogP contribution in [-0.4, -0.2) is 15.7 Å². The van der Waals surface area contributed by atoms with Gasteiger partial charge in [-0.05, 0) is 35.7 Å². The van der Waals surface area contributed by atoms with Crippen LogP contribution in [0, 0.1) is 5.82 Å². The largest absolute Gasteiger partial charge is 0.458 e. The molecule has 144 valence electrons. The Labute approximate surface area is 171 Å². The summed E-state index contributed by atoms with van der Waals surface area (Å²) in [6.07, 6.45) is 4.88. The third-order valence-corrected chi connectivity index (χ3v) is 5.12. The Hall–Kier alpha value is -3.51.